The Bertz CT molecular complexity index is 1510. The first-order chi connectivity index (χ1) is 19.0. The standard InChI is InChI=1S/C28H34N3O6PS/c1-34-38(33,35-2)37-21-31-26-20-23(10-8-22(26)9-11-28(31)32)36-18-4-3-13-29-14-16-30(17-15-29)25-6-5-7-27-24(25)12-19-39-27/h5-12,19-20H,3-4,13-18,21H2,1-2H3. The van der Waals surface area contributed by atoms with E-state index in [-0.39, 0.29) is 12.3 Å². The molecular formula is C28H34N3O6PS. The number of phosphoric ester groups is 1. The molecule has 5 rings (SSSR count). The zero-order chi connectivity index (χ0) is 27.2. The van der Waals surface area contributed by atoms with Gasteiger partial charge in [-0.15, -0.1) is 11.3 Å². The average molecular weight is 572 g/mol. The van der Waals surface area contributed by atoms with Gasteiger partial charge in [0.2, 0.25) is 0 Å². The lowest BCUT2D eigenvalue weighted by molar-refractivity contribution is 0.121. The van der Waals surface area contributed by atoms with Crippen LogP contribution in [0.15, 0.2) is 64.8 Å². The van der Waals surface area contributed by atoms with Crippen LogP contribution in [0.3, 0.4) is 0 Å². The monoisotopic (exact) mass is 571 g/mol. The summed E-state index contributed by atoms with van der Waals surface area (Å²) in [4.78, 5) is 17.5. The highest BCUT2D eigenvalue weighted by Gasteiger charge is 2.23. The largest absolute Gasteiger partial charge is 0.494 e. The summed E-state index contributed by atoms with van der Waals surface area (Å²) in [6, 6.07) is 17.6. The third-order valence-electron chi connectivity index (χ3n) is 7.08. The van der Waals surface area contributed by atoms with Crippen molar-refractivity contribution in [1.82, 2.24) is 9.47 Å². The molecule has 9 nitrogen and oxygen atoms in total. The molecule has 0 radical (unpaired) electrons. The number of hydrogen-bond acceptors (Lipinski definition) is 9. The number of anilines is 1. The summed E-state index contributed by atoms with van der Waals surface area (Å²) in [6.45, 7) is 5.56. The predicted molar refractivity (Wildman–Crippen MR) is 156 cm³/mol. The van der Waals surface area contributed by atoms with Gasteiger partial charge in [0.15, 0.2) is 0 Å². The first-order valence-electron chi connectivity index (χ1n) is 13.1. The Balaban J connectivity index is 1.10. The number of piperazine rings is 1. The number of phosphoric acid groups is 1. The average Bonchev–Trinajstić information content (AvgIpc) is 3.46. The van der Waals surface area contributed by atoms with Crippen molar-refractivity contribution in [2.75, 3.05) is 58.5 Å². The van der Waals surface area contributed by atoms with E-state index in [0.29, 0.717) is 17.9 Å². The van der Waals surface area contributed by atoms with Gasteiger partial charge in [-0.1, -0.05) is 6.07 Å². The molecule has 3 heterocycles. The second kappa shape index (κ2) is 12.6. The highest BCUT2D eigenvalue weighted by molar-refractivity contribution is 7.48. The fourth-order valence-electron chi connectivity index (χ4n) is 4.89. The molecule has 2 aromatic carbocycles. The van der Waals surface area contributed by atoms with Crippen molar-refractivity contribution in [3.05, 3.63) is 70.3 Å². The number of ether oxygens (including phenoxy) is 1. The van der Waals surface area contributed by atoms with Crippen molar-refractivity contribution in [3.8, 4) is 5.75 Å². The Hall–Kier alpha value is -2.72. The van der Waals surface area contributed by atoms with Crippen molar-refractivity contribution < 1.29 is 22.9 Å². The molecule has 0 aliphatic carbocycles. The summed E-state index contributed by atoms with van der Waals surface area (Å²) in [7, 11) is -1.26. The van der Waals surface area contributed by atoms with Gasteiger partial charge in [0.25, 0.3) is 5.56 Å². The first-order valence-corrected chi connectivity index (χ1v) is 15.4. The van der Waals surface area contributed by atoms with Crippen LogP contribution < -0.4 is 15.2 Å². The number of nitrogens with zero attached hydrogens (tertiary/aromatic N) is 3. The Kier molecular flexibility index (Phi) is 9.02. The number of aromatic nitrogens is 1. The number of fused-ring (bicyclic) bond motifs is 2. The molecule has 1 saturated heterocycles. The molecule has 11 heteroatoms. The minimum absolute atomic E-state index is 0.270. The minimum Gasteiger partial charge on any atom is -0.494 e. The maximum absolute atomic E-state index is 12.5. The van der Waals surface area contributed by atoms with Crippen molar-refractivity contribution >= 4 is 45.8 Å². The van der Waals surface area contributed by atoms with Crippen LogP contribution in [0.2, 0.25) is 0 Å². The quantitative estimate of drug-likeness (QED) is 0.161. The number of hydrogen-bond donors (Lipinski definition) is 0. The lowest BCUT2D eigenvalue weighted by Gasteiger charge is -2.36. The maximum atomic E-state index is 12.5. The first kappa shape index (κ1) is 27.8. The molecule has 2 aromatic heterocycles. The van der Waals surface area contributed by atoms with Gasteiger partial charge in [-0.25, -0.2) is 4.57 Å². The predicted octanol–water partition coefficient (Wildman–Crippen LogP) is 5.57. The van der Waals surface area contributed by atoms with Gasteiger partial charge in [0, 0.05) is 68.3 Å². The molecule has 0 amide bonds. The Morgan fingerprint density at radius 1 is 0.949 bits per heavy atom. The molecular weight excluding hydrogens is 537 g/mol. The summed E-state index contributed by atoms with van der Waals surface area (Å²) in [5, 5.41) is 4.36. The number of benzene rings is 2. The molecule has 0 N–H and O–H groups in total. The van der Waals surface area contributed by atoms with E-state index in [9.17, 15) is 9.36 Å². The zero-order valence-corrected chi connectivity index (χ0v) is 24.0. The van der Waals surface area contributed by atoms with Gasteiger partial charge in [-0.2, -0.15) is 0 Å². The molecule has 0 spiro atoms. The lowest BCUT2D eigenvalue weighted by atomic mass is 10.2. The second-order valence-corrected chi connectivity index (χ2v) is 12.2. The van der Waals surface area contributed by atoms with Crippen LogP contribution in [0.25, 0.3) is 21.0 Å². The van der Waals surface area contributed by atoms with Crippen molar-refractivity contribution in [3.63, 3.8) is 0 Å². The fraction of sp³-hybridized carbons (Fsp3) is 0.393. The Morgan fingerprint density at radius 3 is 2.54 bits per heavy atom. The van der Waals surface area contributed by atoms with Gasteiger partial charge in [0.1, 0.15) is 12.5 Å². The van der Waals surface area contributed by atoms with Crippen molar-refractivity contribution in [2.45, 2.75) is 19.6 Å². The maximum Gasteiger partial charge on any atom is 0.475 e. The van der Waals surface area contributed by atoms with Crippen molar-refractivity contribution in [1.29, 1.82) is 0 Å². The summed E-state index contributed by atoms with van der Waals surface area (Å²) < 4.78 is 35.9. The van der Waals surface area contributed by atoms with E-state index in [0.717, 1.165) is 51.0 Å². The summed E-state index contributed by atoms with van der Waals surface area (Å²) in [5.74, 6) is 0.666. The van der Waals surface area contributed by atoms with Crippen LogP contribution in [0.1, 0.15) is 12.8 Å². The van der Waals surface area contributed by atoms with E-state index >= 15 is 0 Å². The molecule has 0 atom stereocenters. The lowest BCUT2D eigenvalue weighted by Crippen LogP contribution is -2.46. The van der Waals surface area contributed by atoms with Crippen LogP contribution in [0.5, 0.6) is 5.75 Å². The second-order valence-electron chi connectivity index (χ2n) is 9.38. The molecule has 1 aliphatic rings. The third-order valence-corrected chi connectivity index (χ3v) is 9.29. The molecule has 1 aliphatic heterocycles. The molecule has 4 aromatic rings. The molecule has 0 saturated carbocycles. The zero-order valence-electron chi connectivity index (χ0n) is 22.3. The molecule has 39 heavy (non-hydrogen) atoms. The summed E-state index contributed by atoms with van der Waals surface area (Å²) in [6.07, 6.45) is 1.98. The van der Waals surface area contributed by atoms with E-state index in [1.165, 1.54) is 40.6 Å². The highest BCUT2D eigenvalue weighted by atomic mass is 32.1. The molecule has 208 valence electrons. The fourth-order valence-corrected chi connectivity index (χ4v) is 6.32. The van der Waals surface area contributed by atoms with Crippen LogP contribution in [0.4, 0.5) is 5.69 Å². The smallest absolute Gasteiger partial charge is 0.475 e. The van der Waals surface area contributed by atoms with E-state index < -0.39 is 7.82 Å². The van der Waals surface area contributed by atoms with E-state index in [2.05, 4.69) is 39.4 Å². The topological polar surface area (TPSA) is 82.5 Å². The molecule has 1 fully saturated rings. The van der Waals surface area contributed by atoms with Crippen LogP contribution >= 0.6 is 19.2 Å². The van der Waals surface area contributed by atoms with Crippen molar-refractivity contribution in [2.24, 2.45) is 0 Å². The van der Waals surface area contributed by atoms with Gasteiger partial charge in [-0.05, 0) is 66.6 Å². The minimum atomic E-state index is -3.72. The van der Waals surface area contributed by atoms with Gasteiger partial charge >= 0.3 is 7.82 Å². The third kappa shape index (κ3) is 6.54. The highest BCUT2D eigenvalue weighted by Crippen LogP contribution is 2.47. The number of thiophene rings is 1. The van der Waals surface area contributed by atoms with Gasteiger partial charge in [-0.3, -0.25) is 27.8 Å². The van der Waals surface area contributed by atoms with E-state index in [4.69, 9.17) is 18.3 Å². The van der Waals surface area contributed by atoms with Gasteiger partial charge in [0.05, 0.1) is 12.1 Å². The Labute approximate surface area is 232 Å². The van der Waals surface area contributed by atoms with Crippen LogP contribution in [-0.4, -0.2) is 63.0 Å². The van der Waals surface area contributed by atoms with E-state index in [1.54, 1.807) is 23.5 Å². The summed E-state index contributed by atoms with van der Waals surface area (Å²) >= 11 is 1.80. The van der Waals surface area contributed by atoms with Gasteiger partial charge < -0.3 is 9.64 Å². The normalized spacial score (nSPS) is 14.9. The molecule has 0 unspecified atom stereocenters. The number of rotatable bonds is 12. The van der Waals surface area contributed by atoms with Crippen LogP contribution in [-0.2, 0) is 24.9 Å². The van der Waals surface area contributed by atoms with Crippen LogP contribution in [0, 0.1) is 0 Å². The number of pyridine rings is 1. The SMILES string of the molecule is COP(=O)(OC)OCn1c(=O)ccc2ccc(OCCCCN3CCN(c4cccc5sccc45)CC3)cc21. The van der Waals surface area contributed by atoms with E-state index in [1.807, 2.05) is 12.1 Å². The molecule has 0 bridgehead atoms. The Morgan fingerprint density at radius 2 is 1.74 bits per heavy atom. The number of unbranched alkanes of at least 4 members (excludes halogenated alkanes) is 1. The summed E-state index contributed by atoms with van der Waals surface area (Å²) in [5.41, 5.74) is 1.68.